The molecule has 0 saturated heterocycles. The fourth-order valence-electron chi connectivity index (χ4n) is 4.41. The van der Waals surface area contributed by atoms with Crippen molar-refractivity contribution in [1.29, 1.82) is 0 Å². The molecule has 222 valence electrons. The molecule has 41 heavy (non-hydrogen) atoms. The molecule has 0 saturated carbocycles. The van der Waals surface area contributed by atoms with E-state index in [1.54, 1.807) is 24.3 Å². The summed E-state index contributed by atoms with van der Waals surface area (Å²) >= 11 is 0. The van der Waals surface area contributed by atoms with E-state index in [0.717, 1.165) is 51.4 Å². The van der Waals surface area contributed by atoms with Gasteiger partial charge in [0.25, 0.3) is 0 Å². The van der Waals surface area contributed by atoms with Gasteiger partial charge in [-0.15, -0.1) is 0 Å². The smallest absolute Gasteiger partial charge is 0.343 e. The van der Waals surface area contributed by atoms with Gasteiger partial charge in [-0.3, -0.25) is 0 Å². The molecule has 0 aromatic heterocycles. The van der Waals surface area contributed by atoms with Crippen LogP contribution in [0.3, 0.4) is 0 Å². The molecule has 0 aliphatic carbocycles. The monoisotopic (exact) mass is 570 g/mol. The normalized spacial score (nSPS) is 11.0. The molecular weight excluding hydrogens is 529 g/mol. The fourth-order valence-corrected chi connectivity index (χ4v) is 4.41. The zero-order chi connectivity index (χ0) is 29.5. The molecule has 4 nitrogen and oxygen atoms in total. The van der Waals surface area contributed by atoms with Gasteiger partial charge in [-0.2, -0.15) is 8.78 Å². The maximum absolute atomic E-state index is 14.6. The summed E-state index contributed by atoms with van der Waals surface area (Å²) in [6, 6.07) is 13.4. The van der Waals surface area contributed by atoms with Crippen molar-refractivity contribution in [3.63, 3.8) is 0 Å². The van der Waals surface area contributed by atoms with Crippen LogP contribution in [0.4, 0.5) is 13.2 Å². The van der Waals surface area contributed by atoms with Crippen LogP contribution >= 0.6 is 0 Å². The Labute approximate surface area is 241 Å². The summed E-state index contributed by atoms with van der Waals surface area (Å²) in [4.78, 5) is 12.6. The summed E-state index contributed by atoms with van der Waals surface area (Å²) in [6.07, 6.45) is 11.8. The zero-order valence-corrected chi connectivity index (χ0v) is 24.2. The number of unbranched alkanes of at least 4 members (excludes halogenated alkanes) is 9. The van der Waals surface area contributed by atoms with Crippen LogP contribution in [-0.2, 0) is 0 Å². The minimum Gasteiger partial charge on any atom is -0.491 e. The second-order valence-electron chi connectivity index (χ2n) is 10.2. The fraction of sp³-hybridized carbons (Fsp3) is 0.441. The van der Waals surface area contributed by atoms with Crippen molar-refractivity contribution >= 4 is 5.97 Å². The topological polar surface area (TPSA) is 44.8 Å². The minimum atomic E-state index is -1.28. The van der Waals surface area contributed by atoms with Crippen LogP contribution in [0.2, 0.25) is 0 Å². The molecule has 0 spiro atoms. The van der Waals surface area contributed by atoms with E-state index in [1.807, 2.05) is 0 Å². The van der Waals surface area contributed by atoms with Gasteiger partial charge in [0.15, 0.2) is 23.1 Å². The van der Waals surface area contributed by atoms with Gasteiger partial charge in [-0.05, 0) is 60.4 Å². The van der Waals surface area contributed by atoms with Crippen molar-refractivity contribution in [2.24, 2.45) is 0 Å². The average Bonchev–Trinajstić information content (AvgIpc) is 2.98. The van der Waals surface area contributed by atoms with Crippen LogP contribution in [-0.4, -0.2) is 19.2 Å². The Kier molecular flexibility index (Phi) is 13.6. The van der Waals surface area contributed by atoms with Crippen molar-refractivity contribution in [3.05, 3.63) is 77.6 Å². The molecule has 0 unspecified atom stereocenters. The van der Waals surface area contributed by atoms with Gasteiger partial charge in [-0.25, -0.2) is 9.18 Å². The Bertz CT molecular complexity index is 1230. The van der Waals surface area contributed by atoms with E-state index in [9.17, 15) is 18.0 Å². The van der Waals surface area contributed by atoms with E-state index in [1.165, 1.54) is 49.6 Å². The molecule has 3 rings (SSSR count). The maximum Gasteiger partial charge on any atom is 0.343 e. The van der Waals surface area contributed by atoms with E-state index in [2.05, 4.69) is 13.8 Å². The van der Waals surface area contributed by atoms with E-state index in [4.69, 9.17) is 14.2 Å². The highest BCUT2D eigenvalue weighted by atomic mass is 19.2. The van der Waals surface area contributed by atoms with E-state index in [-0.39, 0.29) is 23.7 Å². The highest BCUT2D eigenvalue weighted by Crippen LogP contribution is 2.29. The lowest BCUT2D eigenvalue weighted by Gasteiger charge is -2.11. The standard InChI is InChI=1S/C34H41F3O4/c1-3-5-7-9-11-13-22-39-29-19-18-27(24-28(29)35)25-14-16-26(17-15-25)34(38)41-31-21-20-30(32(36)33(31)37)40-23-12-10-8-6-4-2/h14-21,24H,3-13,22-23H2,1-2H3. The first-order valence-electron chi connectivity index (χ1n) is 14.8. The van der Waals surface area contributed by atoms with Gasteiger partial charge < -0.3 is 14.2 Å². The van der Waals surface area contributed by atoms with Crippen molar-refractivity contribution in [2.45, 2.75) is 84.5 Å². The largest absolute Gasteiger partial charge is 0.491 e. The number of hydrogen-bond acceptors (Lipinski definition) is 4. The molecule has 3 aromatic carbocycles. The van der Waals surface area contributed by atoms with Crippen LogP contribution in [0.25, 0.3) is 11.1 Å². The number of ether oxygens (including phenoxy) is 3. The summed E-state index contributed by atoms with van der Waals surface area (Å²) in [6.45, 7) is 5.05. The summed E-state index contributed by atoms with van der Waals surface area (Å²) in [7, 11) is 0. The van der Waals surface area contributed by atoms with Crippen molar-refractivity contribution in [3.8, 4) is 28.4 Å². The van der Waals surface area contributed by atoms with E-state index in [0.29, 0.717) is 17.7 Å². The molecular formula is C34H41F3O4. The lowest BCUT2D eigenvalue weighted by molar-refractivity contribution is 0.0726. The van der Waals surface area contributed by atoms with Crippen molar-refractivity contribution < 1.29 is 32.2 Å². The first kappa shape index (κ1) is 32.0. The van der Waals surface area contributed by atoms with Gasteiger partial charge in [0.1, 0.15) is 0 Å². The van der Waals surface area contributed by atoms with Crippen LogP contribution < -0.4 is 14.2 Å². The number of carbonyl (C=O) groups excluding carboxylic acids is 1. The number of carbonyl (C=O) groups is 1. The number of benzene rings is 3. The highest BCUT2D eigenvalue weighted by molar-refractivity contribution is 5.91. The molecule has 0 fully saturated rings. The van der Waals surface area contributed by atoms with Gasteiger partial charge in [-0.1, -0.05) is 89.8 Å². The molecule has 7 heteroatoms. The number of halogens is 3. The molecule has 0 amide bonds. The van der Waals surface area contributed by atoms with Crippen molar-refractivity contribution in [2.75, 3.05) is 13.2 Å². The summed E-state index contributed by atoms with van der Waals surface area (Å²) in [5.41, 5.74) is 1.43. The number of rotatable bonds is 18. The lowest BCUT2D eigenvalue weighted by atomic mass is 10.0. The van der Waals surface area contributed by atoms with Crippen LogP contribution in [0.1, 0.15) is 94.8 Å². The quantitative estimate of drug-likeness (QED) is 0.0867. The third-order valence-electron chi connectivity index (χ3n) is 6.86. The van der Waals surface area contributed by atoms with Gasteiger partial charge in [0.05, 0.1) is 18.8 Å². The van der Waals surface area contributed by atoms with Crippen LogP contribution in [0, 0.1) is 17.5 Å². The Morgan fingerprint density at radius 1 is 0.585 bits per heavy atom. The van der Waals surface area contributed by atoms with Gasteiger partial charge >= 0.3 is 5.97 Å². The molecule has 0 atom stereocenters. The second kappa shape index (κ2) is 17.4. The molecule has 0 radical (unpaired) electrons. The molecule has 0 aliphatic rings. The number of hydrogen-bond donors (Lipinski definition) is 0. The van der Waals surface area contributed by atoms with Gasteiger partial charge in [0.2, 0.25) is 11.6 Å². The summed E-state index contributed by atoms with van der Waals surface area (Å²) < 4.78 is 59.7. The number of esters is 1. The van der Waals surface area contributed by atoms with Crippen molar-refractivity contribution in [1.82, 2.24) is 0 Å². The Morgan fingerprint density at radius 3 is 1.68 bits per heavy atom. The predicted molar refractivity (Wildman–Crippen MR) is 156 cm³/mol. The Morgan fingerprint density at radius 2 is 1.07 bits per heavy atom. The highest BCUT2D eigenvalue weighted by Gasteiger charge is 2.19. The molecule has 0 aliphatic heterocycles. The second-order valence-corrected chi connectivity index (χ2v) is 10.2. The molecule has 0 heterocycles. The minimum absolute atomic E-state index is 0.139. The third-order valence-corrected chi connectivity index (χ3v) is 6.86. The van der Waals surface area contributed by atoms with E-state index < -0.39 is 29.2 Å². The third kappa shape index (κ3) is 10.1. The molecule has 0 bridgehead atoms. The summed E-state index contributed by atoms with van der Waals surface area (Å²) in [5.74, 6) is -4.31. The first-order valence-corrected chi connectivity index (χ1v) is 14.8. The summed E-state index contributed by atoms with van der Waals surface area (Å²) in [5, 5.41) is 0. The predicted octanol–water partition coefficient (Wildman–Crippen LogP) is 10.1. The van der Waals surface area contributed by atoms with Crippen LogP contribution in [0.15, 0.2) is 54.6 Å². The van der Waals surface area contributed by atoms with Crippen LogP contribution in [0.5, 0.6) is 17.2 Å². The first-order chi connectivity index (χ1) is 19.9. The Hall–Kier alpha value is -3.48. The average molecular weight is 571 g/mol. The SMILES string of the molecule is CCCCCCCCOc1ccc(-c2ccc(C(=O)Oc3ccc(OCCCCCCC)c(F)c3F)cc2)cc1F. The molecule has 0 N–H and O–H groups in total. The van der Waals surface area contributed by atoms with Gasteiger partial charge in [0, 0.05) is 0 Å². The zero-order valence-electron chi connectivity index (χ0n) is 24.2. The maximum atomic E-state index is 14.6. The molecule has 3 aromatic rings. The lowest BCUT2D eigenvalue weighted by Crippen LogP contribution is -2.10. The Balaban J connectivity index is 1.53. The van der Waals surface area contributed by atoms with E-state index >= 15 is 0 Å².